The van der Waals surface area contributed by atoms with Crippen molar-refractivity contribution < 1.29 is 156 Å². The van der Waals surface area contributed by atoms with Gasteiger partial charge in [0.1, 0.15) is 102 Å². The Hall–Kier alpha value is -12.1. The lowest BCUT2D eigenvalue weighted by Gasteiger charge is -2.43. The van der Waals surface area contributed by atoms with Gasteiger partial charge in [-0.1, -0.05) is 30.3 Å². The molecule has 42 heteroatoms. The summed E-state index contributed by atoms with van der Waals surface area (Å²) in [6, 6.07) is 5.96. The highest BCUT2D eigenvalue weighted by Crippen LogP contribution is 2.55. The molecule has 0 saturated carbocycles. The lowest BCUT2D eigenvalue weighted by Crippen LogP contribution is -2.59. The van der Waals surface area contributed by atoms with Crippen molar-refractivity contribution in [2.75, 3.05) is 99.6 Å². The van der Waals surface area contributed by atoms with Gasteiger partial charge in [0.05, 0.1) is 117 Å². The van der Waals surface area contributed by atoms with Crippen LogP contribution in [0.2, 0.25) is 0 Å². The van der Waals surface area contributed by atoms with E-state index in [4.69, 9.17) is 37.9 Å². The van der Waals surface area contributed by atoms with Crippen molar-refractivity contribution in [1.82, 2.24) is 51.2 Å². The number of aromatic hydroxyl groups is 4. The van der Waals surface area contributed by atoms with E-state index in [0.29, 0.717) is 64.0 Å². The number of phenols is 4. The molecule has 4 aromatic carbocycles. The third kappa shape index (κ3) is 19.2. The Bertz CT molecular complexity index is 5400. The first-order valence-corrected chi connectivity index (χ1v) is 43.7. The molecule has 708 valence electrons. The number of amides is 8. The number of carbonyl (C=O) groups is 14. The molecule has 15 rings (SSSR count). The van der Waals surface area contributed by atoms with Crippen molar-refractivity contribution in [3.8, 4) is 34.5 Å². The summed E-state index contributed by atoms with van der Waals surface area (Å²) < 4.78 is 45.9. The largest absolute Gasteiger partial charge is 0.507 e. The Morgan fingerprint density at radius 1 is 0.561 bits per heavy atom. The van der Waals surface area contributed by atoms with Crippen LogP contribution in [-0.4, -0.2) is 342 Å². The average Bonchev–Trinajstić information content (AvgIpc) is 0.816. The second-order valence-electron chi connectivity index (χ2n) is 34.4. The molecule has 0 spiro atoms. The van der Waals surface area contributed by atoms with E-state index in [2.05, 4.69) is 36.5 Å². The number of Topliss-reactive ketones (excluding diaryl/α,β-unsaturated/α-hetero) is 2. The Morgan fingerprint density at radius 2 is 1.01 bits per heavy atom. The number of aliphatic hydroxyl groups is 6. The van der Waals surface area contributed by atoms with Crippen molar-refractivity contribution in [3.63, 3.8) is 0 Å². The number of carbonyl (C=O) groups excluding carboxylic acids is 14. The van der Waals surface area contributed by atoms with Gasteiger partial charge < -0.3 is 125 Å². The van der Waals surface area contributed by atoms with Crippen molar-refractivity contribution >= 4 is 82.1 Å². The van der Waals surface area contributed by atoms with Crippen molar-refractivity contribution in [1.29, 1.82) is 0 Å². The number of pyridine rings is 1. The standard InChI is InChI=1S/C49H62N6O18.C41H44N4O14/c1-24(51-46(65)30-9-6-12-55(30)48(67)71-18-15-53-13-16-70-17-14-53)45(64)50-22-34(58)54-11-5-8-29(54)47(66)52-28-19-35(72-25(2)40(28)59)73-32-21-49(68,33(57)23-56)20-27-37(32)44(63)39-38(42(27)61)41(60)26-7-4-10-31(69-3)36(26)43(39)62;1-19-35(50)23(44-40(55)24-8-5-11-45(24)29(49)17-43-28(48)12-20-6-4-10-42-16-20)13-30(58-19)59-26-15-41(56,27(47)18-46)14-22-32(26)39(54)34-33(37(22)52)36(51)21-7-3-9-25(57-2)31(21)38(34)53/h4,7,10,24-25,28-30,32,35,40,56,59,61,63,68H,5-6,8-9,11-23H2,1-3H3,(H,50,64)(H,51,65)(H,52,66);3-4,6-7,9-10,16,19,23-24,26,30,35,46,50,52,54,56H,5,8,11-15,17-18H2,1-2H3,(H,43,48)(H,44,55)/t24-,25?,28?,29-,30-,32-,35?,40?,49-;19?,23?,24-,26-,30?,35?,41-/m00/s1. The summed E-state index contributed by atoms with van der Waals surface area (Å²) in [7, 11) is 2.58. The number of ether oxygens (including phenoxy) is 8. The fraction of sp³-hybridized carbons (Fsp3) is 0.522. The number of nitrogens with one attached hydrogen (secondary N) is 5. The van der Waals surface area contributed by atoms with Crippen LogP contribution >= 0.6 is 0 Å². The molecule has 8 amide bonds. The molecule has 6 fully saturated rings. The maximum absolute atomic E-state index is 14.1. The van der Waals surface area contributed by atoms with Gasteiger partial charge in [0, 0.05) is 124 Å². The van der Waals surface area contributed by atoms with E-state index in [1.165, 1.54) is 86.1 Å². The number of ketones is 6. The van der Waals surface area contributed by atoms with Crippen molar-refractivity contribution in [3.05, 3.63) is 133 Å². The highest BCUT2D eigenvalue weighted by atomic mass is 16.7. The predicted octanol–water partition coefficient (Wildman–Crippen LogP) is -1.39. The molecule has 6 saturated heterocycles. The van der Waals surface area contributed by atoms with Gasteiger partial charge in [-0.25, -0.2) is 4.79 Å². The third-order valence-corrected chi connectivity index (χ3v) is 26.1. The summed E-state index contributed by atoms with van der Waals surface area (Å²) in [5.41, 5.74) is -7.93. The van der Waals surface area contributed by atoms with Gasteiger partial charge in [0.2, 0.25) is 52.9 Å². The Morgan fingerprint density at radius 3 is 1.45 bits per heavy atom. The topological polar surface area (TPSA) is 601 Å². The second kappa shape index (κ2) is 40.2. The van der Waals surface area contributed by atoms with Crippen LogP contribution in [0, 0.1) is 0 Å². The molecular formula is C90H106N10O32. The fourth-order valence-corrected chi connectivity index (χ4v) is 19.2. The molecule has 10 aliphatic rings. The smallest absolute Gasteiger partial charge is 0.410 e. The number of benzene rings is 4. The molecule has 16 atom stereocenters. The summed E-state index contributed by atoms with van der Waals surface area (Å²) in [6.07, 6.45) is -8.50. The Balaban J connectivity index is 0.000000217. The van der Waals surface area contributed by atoms with Gasteiger partial charge in [0.15, 0.2) is 35.7 Å². The number of morpholine rings is 1. The summed E-state index contributed by atoms with van der Waals surface area (Å²) in [5.74, 6) is -12.4. The Labute approximate surface area is 754 Å². The number of aromatic nitrogens is 1. The number of aliphatic hydroxyl groups excluding tert-OH is 4. The van der Waals surface area contributed by atoms with Gasteiger partial charge in [-0.3, -0.25) is 77.1 Å². The van der Waals surface area contributed by atoms with Crippen LogP contribution in [0.25, 0.3) is 0 Å². The highest BCUT2D eigenvalue weighted by molar-refractivity contribution is 6.32. The molecule has 42 nitrogen and oxygen atoms in total. The molecular weight excluding hydrogens is 1730 g/mol. The molecule has 4 aliphatic carbocycles. The minimum atomic E-state index is -2.41. The van der Waals surface area contributed by atoms with Crippen LogP contribution in [0.5, 0.6) is 34.5 Å². The molecule has 1 aromatic heterocycles. The zero-order chi connectivity index (χ0) is 94.8. The van der Waals surface area contributed by atoms with Crippen LogP contribution < -0.4 is 36.1 Å². The van der Waals surface area contributed by atoms with Crippen molar-refractivity contribution in [2.45, 2.75) is 201 Å². The molecule has 8 unspecified atom stereocenters. The molecule has 0 bridgehead atoms. The van der Waals surface area contributed by atoms with Crippen molar-refractivity contribution in [2.24, 2.45) is 0 Å². The minimum Gasteiger partial charge on any atom is -0.507 e. The number of likely N-dealkylation sites (tertiary alicyclic amines) is 3. The number of nitrogens with zero attached hydrogens (tertiary/aromatic N) is 5. The Kier molecular flexibility index (Phi) is 29.2. The molecule has 7 heterocycles. The molecule has 0 radical (unpaired) electrons. The van der Waals surface area contributed by atoms with Crippen LogP contribution in [0.15, 0.2) is 60.9 Å². The maximum Gasteiger partial charge on any atom is 0.410 e. The zero-order valence-corrected chi connectivity index (χ0v) is 72.9. The number of fused-ring (bicyclic) bond motifs is 6. The average molecular weight is 1840 g/mol. The van der Waals surface area contributed by atoms with E-state index in [1.54, 1.807) is 24.5 Å². The number of rotatable bonds is 26. The first-order chi connectivity index (χ1) is 63.0. The van der Waals surface area contributed by atoms with E-state index in [1.807, 2.05) is 0 Å². The first-order valence-electron chi connectivity index (χ1n) is 43.7. The van der Waals surface area contributed by atoms with E-state index in [9.17, 15) is 118 Å². The van der Waals surface area contributed by atoms with E-state index in [-0.39, 0.29) is 108 Å². The van der Waals surface area contributed by atoms with Crippen LogP contribution in [0.1, 0.15) is 189 Å². The summed E-state index contributed by atoms with van der Waals surface area (Å²) in [4.78, 5) is 198. The van der Waals surface area contributed by atoms with E-state index in [0.717, 1.165) is 13.1 Å². The quantitative estimate of drug-likeness (QED) is 0.0278. The molecule has 132 heavy (non-hydrogen) atoms. The number of methoxy groups -OCH3 is 2. The summed E-state index contributed by atoms with van der Waals surface area (Å²) in [5, 5.41) is 126. The normalized spacial score (nSPS) is 26.7. The zero-order valence-electron chi connectivity index (χ0n) is 72.9. The minimum absolute atomic E-state index is 0.0160. The van der Waals surface area contributed by atoms with Gasteiger partial charge in [-0.15, -0.1) is 0 Å². The molecule has 5 aromatic rings. The summed E-state index contributed by atoms with van der Waals surface area (Å²) in [6.45, 7) is 5.44. The predicted molar refractivity (Wildman–Crippen MR) is 451 cm³/mol. The van der Waals surface area contributed by atoms with Gasteiger partial charge in [0.25, 0.3) is 0 Å². The van der Waals surface area contributed by atoms with Gasteiger partial charge in [-0.05, 0) is 83.1 Å². The van der Waals surface area contributed by atoms with E-state index >= 15 is 0 Å². The highest BCUT2D eigenvalue weighted by Gasteiger charge is 2.55. The SMILES string of the molecule is COc1cccc2c1C(=O)c1c(O)c3c(c(O)c1C2=O)C[C@@](O)(C(=O)CO)C[C@@H]3OC1CC(NC(=O)[C@@H]2CCCN2C(=O)CNC(=O)Cc2cccnc2)C(O)C(C)O1.COc1cccc2c1C(=O)c1c(O)c3c(c(O)c1C2=O)C[C@@](O)(C(=O)CO)C[C@@H]3OC1CC(NC(=O)[C@@H]2CCCN2C(=O)CNC(=O)[C@H](C)NC(=O)[C@@H]2CCCN2C(=O)OCCN2CCOCC2)C(O)C(C)O1. The lowest BCUT2D eigenvalue weighted by molar-refractivity contribution is -0.249. The van der Waals surface area contributed by atoms with E-state index < -0.39 is 269 Å². The van der Waals surface area contributed by atoms with Crippen LogP contribution in [-0.2, 0) is 90.8 Å². The second-order valence-corrected chi connectivity index (χ2v) is 34.4. The van der Waals surface area contributed by atoms with Crippen LogP contribution in [0.3, 0.4) is 0 Å². The maximum atomic E-state index is 14.1. The number of phenolic OH excluding ortho intramolecular Hbond substituents is 4. The molecule has 15 N–H and O–H groups in total. The monoisotopic (exact) mass is 1840 g/mol. The van der Waals surface area contributed by atoms with Crippen LogP contribution in [0.4, 0.5) is 4.79 Å². The first kappa shape index (κ1) is 96.0. The molecule has 6 aliphatic heterocycles. The lowest BCUT2D eigenvalue weighted by atomic mass is 9.72. The number of hydrogen-bond acceptors (Lipinski definition) is 34. The fourth-order valence-electron chi connectivity index (χ4n) is 19.2. The number of hydrogen-bond donors (Lipinski definition) is 15. The van der Waals surface area contributed by atoms with Gasteiger partial charge in [-0.2, -0.15) is 0 Å². The summed E-state index contributed by atoms with van der Waals surface area (Å²) >= 11 is 0. The third-order valence-electron chi connectivity index (χ3n) is 26.1. The van der Waals surface area contributed by atoms with Gasteiger partial charge >= 0.3 is 6.09 Å².